The predicted molar refractivity (Wildman–Crippen MR) is 183 cm³/mol. The fourth-order valence-corrected chi connectivity index (χ4v) is 15.4. The Hall–Kier alpha value is -2.97. The van der Waals surface area contributed by atoms with Crippen LogP contribution in [0.15, 0.2) is 146 Å². The van der Waals surface area contributed by atoms with Crippen molar-refractivity contribution in [2.45, 2.75) is 12.8 Å². The first-order valence-electron chi connectivity index (χ1n) is 14.3. The summed E-state index contributed by atoms with van der Waals surface area (Å²) in [5.41, 5.74) is 8.46. The Morgan fingerprint density at radius 2 is 1.26 bits per heavy atom. The van der Waals surface area contributed by atoms with Gasteiger partial charge in [-0.1, -0.05) is 0 Å². The molecule has 0 saturated carbocycles. The summed E-state index contributed by atoms with van der Waals surface area (Å²) in [5.74, 6) is 0. The van der Waals surface area contributed by atoms with E-state index in [2.05, 4.69) is 165 Å². The van der Waals surface area contributed by atoms with Gasteiger partial charge in [0.1, 0.15) is 0 Å². The van der Waals surface area contributed by atoms with Crippen molar-refractivity contribution in [3.05, 3.63) is 168 Å². The van der Waals surface area contributed by atoms with Crippen molar-refractivity contribution in [3.8, 4) is 11.1 Å². The number of fused-ring (bicyclic) bond motifs is 8. The van der Waals surface area contributed by atoms with Gasteiger partial charge in [0.2, 0.25) is 0 Å². The third-order valence-corrected chi connectivity index (χ3v) is 17.2. The molecule has 3 heteroatoms. The fourth-order valence-electron chi connectivity index (χ4n) is 6.92. The third-order valence-electron chi connectivity index (χ3n) is 8.69. The molecule has 0 amide bonds. The van der Waals surface area contributed by atoms with E-state index in [0.717, 1.165) is 21.8 Å². The molecule has 0 radical (unpaired) electrons. The number of benzene rings is 6. The topological polar surface area (TPSA) is 0 Å². The van der Waals surface area contributed by atoms with E-state index in [1.54, 1.807) is 6.55 Å². The van der Waals surface area contributed by atoms with Crippen molar-refractivity contribution in [3.63, 3.8) is 0 Å². The van der Waals surface area contributed by atoms with Gasteiger partial charge in [0, 0.05) is 0 Å². The number of allylic oxidation sites excluding steroid dienone is 4. The quantitative estimate of drug-likeness (QED) is 0.157. The van der Waals surface area contributed by atoms with Gasteiger partial charge in [0.15, 0.2) is 0 Å². The van der Waals surface area contributed by atoms with Gasteiger partial charge in [-0.05, 0) is 0 Å². The molecule has 0 saturated heterocycles. The van der Waals surface area contributed by atoms with Crippen molar-refractivity contribution >= 4 is 59.9 Å². The van der Waals surface area contributed by atoms with Gasteiger partial charge in [0.05, 0.1) is 0 Å². The first kappa shape index (κ1) is 26.6. The van der Waals surface area contributed by atoms with E-state index in [1.807, 2.05) is 0 Å². The standard InChI is InChI=1S/C21H13.C13H8Br2.C5H5.Zr/c1-2-8-15-14(7-1)13-20-18-11-4-3-9-16(18)17-10-5-6-12-19(17)21(15)20;14-12-5-1-10(2-6-12)9-11-3-7-13(15)8-4-11;1-2-4-5-3-1;/h1-10,12H,13H2;1-8H;1-3H,4H2;. The zero-order valence-electron chi connectivity index (χ0n) is 22.9. The number of halogens is 2. The summed E-state index contributed by atoms with van der Waals surface area (Å²) in [6.45, 7) is 0. The summed E-state index contributed by atoms with van der Waals surface area (Å²) in [5, 5.41) is 5.63. The second kappa shape index (κ2) is 10.9. The molecule has 8 rings (SSSR count). The Kier molecular flexibility index (Phi) is 6.94. The summed E-state index contributed by atoms with van der Waals surface area (Å²) >= 11 is 4.62. The Bertz CT molecular complexity index is 2080. The van der Waals surface area contributed by atoms with Gasteiger partial charge in [-0.2, -0.15) is 0 Å². The van der Waals surface area contributed by atoms with Crippen LogP contribution in [0.4, 0.5) is 0 Å². The Balaban J connectivity index is 1.55. The van der Waals surface area contributed by atoms with Crippen LogP contribution in [0.1, 0.15) is 28.7 Å². The van der Waals surface area contributed by atoms with Crippen LogP contribution in [0.3, 0.4) is 0 Å². The van der Waals surface area contributed by atoms with Crippen LogP contribution >= 0.6 is 31.9 Å². The van der Waals surface area contributed by atoms with Crippen molar-refractivity contribution in [2.75, 3.05) is 0 Å². The van der Waals surface area contributed by atoms with E-state index in [4.69, 9.17) is 0 Å². The molecule has 42 heavy (non-hydrogen) atoms. The van der Waals surface area contributed by atoms with Gasteiger partial charge in [-0.3, -0.25) is 0 Å². The molecule has 0 nitrogen and oxygen atoms in total. The van der Waals surface area contributed by atoms with E-state index in [-0.39, 0.29) is 0 Å². The fraction of sp³-hybridized carbons (Fsp3) is 0.0513. The molecule has 6 aromatic carbocycles. The first-order chi connectivity index (χ1) is 20.7. The summed E-state index contributed by atoms with van der Waals surface area (Å²) in [7, 11) is 0. The minimum atomic E-state index is -2.76. The predicted octanol–water partition coefficient (Wildman–Crippen LogP) is 10.4. The summed E-state index contributed by atoms with van der Waals surface area (Å²) in [4.78, 5) is 0. The van der Waals surface area contributed by atoms with E-state index in [9.17, 15) is 0 Å². The molecule has 2 aliphatic rings. The van der Waals surface area contributed by atoms with Crippen LogP contribution in [0.5, 0.6) is 0 Å². The van der Waals surface area contributed by atoms with E-state index >= 15 is 0 Å². The van der Waals surface area contributed by atoms with Crippen LogP contribution in [-0.4, -0.2) is 3.21 Å². The van der Waals surface area contributed by atoms with Gasteiger partial charge >= 0.3 is 273 Å². The molecular formula is C39H26Br2Zr. The second-order valence-corrected chi connectivity index (χ2v) is 18.9. The Morgan fingerprint density at radius 1 is 0.619 bits per heavy atom. The molecule has 0 aromatic heterocycles. The van der Waals surface area contributed by atoms with Crippen molar-refractivity contribution in [1.82, 2.24) is 0 Å². The van der Waals surface area contributed by atoms with Crippen molar-refractivity contribution < 1.29 is 21.3 Å². The van der Waals surface area contributed by atoms with E-state index in [1.165, 1.54) is 58.1 Å². The summed E-state index contributed by atoms with van der Waals surface area (Å²) in [6.07, 6.45) is 9.08. The Morgan fingerprint density at radius 3 is 1.95 bits per heavy atom. The van der Waals surface area contributed by atoms with Gasteiger partial charge in [-0.25, -0.2) is 0 Å². The Labute approximate surface area is 270 Å². The number of hydrogen-bond donors (Lipinski definition) is 0. The van der Waals surface area contributed by atoms with Crippen LogP contribution in [-0.2, 0) is 27.7 Å². The number of hydrogen-bond acceptors (Lipinski definition) is 0. The van der Waals surface area contributed by atoms with Crippen LogP contribution < -0.4 is 3.27 Å². The molecule has 0 atom stereocenters. The molecule has 0 spiro atoms. The van der Waals surface area contributed by atoms with Crippen LogP contribution in [0.2, 0.25) is 0 Å². The second-order valence-electron chi connectivity index (χ2n) is 11.0. The monoisotopic (exact) mass is 742 g/mol. The summed E-state index contributed by atoms with van der Waals surface area (Å²) < 4.78 is 6.97. The maximum absolute atomic E-state index is 3.69. The van der Waals surface area contributed by atoms with E-state index < -0.39 is 21.3 Å². The van der Waals surface area contributed by atoms with Crippen molar-refractivity contribution in [2.24, 2.45) is 0 Å². The molecule has 0 unspecified atom stereocenters. The number of rotatable bonds is 4. The molecule has 0 N–H and O–H groups in total. The molecular weight excluding hydrogens is 719 g/mol. The average Bonchev–Trinajstić information content (AvgIpc) is 3.70. The zero-order chi connectivity index (χ0) is 28.2. The minimum absolute atomic E-state index is 0.990. The zero-order valence-corrected chi connectivity index (χ0v) is 28.5. The van der Waals surface area contributed by atoms with Gasteiger partial charge in [-0.15, -0.1) is 0 Å². The van der Waals surface area contributed by atoms with Gasteiger partial charge in [0.25, 0.3) is 0 Å². The SMILES string of the molecule is Brc1ccc([C](c2ccc(Br)cc2)=[Zr]([C]2=CC=CC2)[c]2cccc3c2c2c(c4ccccc43)-c3ccccc3C2)cc1. The molecule has 200 valence electrons. The normalized spacial score (nSPS) is 13.3. The van der Waals surface area contributed by atoms with Gasteiger partial charge < -0.3 is 0 Å². The molecule has 0 fully saturated rings. The molecule has 2 aliphatic carbocycles. The average molecular weight is 746 g/mol. The van der Waals surface area contributed by atoms with Crippen molar-refractivity contribution in [1.29, 1.82) is 0 Å². The summed E-state index contributed by atoms with van der Waals surface area (Å²) in [6, 6.07) is 43.3. The molecule has 6 aromatic rings. The maximum atomic E-state index is 3.69. The first-order valence-corrected chi connectivity index (χ1v) is 19.6. The molecule has 0 aliphatic heterocycles. The molecule has 0 heterocycles. The van der Waals surface area contributed by atoms with Crippen LogP contribution in [0, 0.1) is 0 Å². The van der Waals surface area contributed by atoms with E-state index in [0.29, 0.717) is 0 Å². The van der Waals surface area contributed by atoms with Crippen LogP contribution in [0.25, 0.3) is 32.7 Å². The third kappa shape index (κ3) is 4.44. The molecule has 0 bridgehead atoms.